The first-order valence-corrected chi connectivity index (χ1v) is 6.52. The van der Waals surface area contributed by atoms with Gasteiger partial charge in [0.1, 0.15) is 5.75 Å². The minimum atomic E-state index is -4.16. The molecule has 1 aromatic rings. The zero-order valence-electron chi connectivity index (χ0n) is 9.68. The molecule has 1 N–H and O–H groups in total. The highest BCUT2D eigenvalue weighted by Gasteiger charge is 2.27. The van der Waals surface area contributed by atoms with Crippen LogP contribution in [0.2, 0.25) is 5.02 Å². The summed E-state index contributed by atoms with van der Waals surface area (Å²) in [7, 11) is 1.52. The molecule has 0 bridgehead atoms. The molecule has 0 amide bonds. The standard InChI is InChI=1S/C11H13ClF3NOS/c1-17-10-3-2-8(6-9(10)12)7-16-4-5-18-11(13,14)15/h2-3,6,16H,4-5,7H2,1H3. The normalized spacial score (nSPS) is 11.6. The topological polar surface area (TPSA) is 21.3 Å². The molecule has 0 spiro atoms. The number of thioether (sulfide) groups is 1. The number of nitrogens with one attached hydrogen (secondary N) is 1. The Morgan fingerprint density at radius 1 is 1.39 bits per heavy atom. The highest BCUT2D eigenvalue weighted by molar-refractivity contribution is 8.00. The molecular formula is C11H13ClF3NOS. The van der Waals surface area contributed by atoms with Gasteiger partial charge in [-0.25, -0.2) is 0 Å². The molecule has 102 valence electrons. The summed E-state index contributed by atoms with van der Waals surface area (Å²) in [5.41, 5.74) is -3.26. The first kappa shape index (κ1) is 15.5. The Balaban J connectivity index is 2.29. The van der Waals surface area contributed by atoms with Crippen molar-refractivity contribution in [2.24, 2.45) is 0 Å². The summed E-state index contributed by atoms with van der Waals surface area (Å²) in [6.07, 6.45) is 0. The number of benzene rings is 1. The number of rotatable bonds is 6. The average Bonchev–Trinajstić information content (AvgIpc) is 2.27. The van der Waals surface area contributed by atoms with Crippen LogP contribution in [0.4, 0.5) is 13.2 Å². The monoisotopic (exact) mass is 299 g/mol. The van der Waals surface area contributed by atoms with Gasteiger partial charge in [0.25, 0.3) is 0 Å². The summed E-state index contributed by atoms with van der Waals surface area (Å²) in [6.45, 7) is 0.760. The van der Waals surface area contributed by atoms with Crippen molar-refractivity contribution in [2.75, 3.05) is 19.4 Å². The van der Waals surface area contributed by atoms with E-state index in [4.69, 9.17) is 16.3 Å². The van der Waals surface area contributed by atoms with Crippen molar-refractivity contribution in [3.8, 4) is 5.75 Å². The number of hydrogen-bond acceptors (Lipinski definition) is 3. The van der Waals surface area contributed by atoms with Crippen LogP contribution in [0.5, 0.6) is 5.75 Å². The minimum Gasteiger partial charge on any atom is -0.495 e. The second-order valence-corrected chi connectivity index (χ2v) is 5.01. The zero-order chi connectivity index (χ0) is 13.6. The van der Waals surface area contributed by atoms with Crippen LogP contribution in [-0.4, -0.2) is 24.9 Å². The van der Waals surface area contributed by atoms with Crippen molar-refractivity contribution < 1.29 is 17.9 Å². The summed E-state index contributed by atoms with van der Waals surface area (Å²) < 4.78 is 40.5. The van der Waals surface area contributed by atoms with Crippen LogP contribution in [0, 0.1) is 0 Å². The molecule has 2 nitrogen and oxygen atoms in total. The molecule has 18 heavy (non-hydrogen) atoms. The highest BCUT2D eigenvalue weighted by Crippen LogP contribution is 2.29. The Kier molecular flexibility index (Phi) is 6.11. The number of methoxy groups -OCH3 is 1. The molecule has 0 aliphatic heterocycles. The van der Waals surface area contributed by atoms with Crippen molar-refractivity contribution in [3.05, 3.63) is 28.8 Å². The Hall–Kier alpha value is -0.590. The van der Waals surface area contributed by atoms with E-state index in [0.717, 1.165) is 5.56 Å². The van der Waals surface area contributed by atoms with Crippen LogP contribution < -0.4 is 10.1 Å². The van der Waals surface area contributed by atoms with Crippen LogP contribution in [0.1, 0.15) is 5.56 Å². The number of ether oxygens (including phenoxy) is 1. The Bertz CT molecular complexity index is 387. The molecular weight excluding hydrogens is 287 g/mol. The van der Waals surface area contributed by atoms with Gasteiger partial charge in [-0.3, -0.25) is 0 Å². The third-order valence-electron chi connectivity index (χ3n) is 2.09. The second kappa shape index (κ2) is 7.11. The van der Waals surface area contributed by atoms with Crippen molar-refractivity contribution in [1.29, 1.82) is 0 Å². The van der Waals surface area contributed by atoms with Crippen molar-refractivity contribution in [3.63, 3.8) is 0 Å². The molecule has 1 aromatic carbocycles. The fourth-order valence-corrected chi connectivity index (χ4v) is 2.05. The molecule has 0 saturated heterocycles. The van der Waals surface area contributed by atoms with Crippen LogP contribution in [-0.2, 0) is 6.54 Å². The maximum absolute atomic E-state index is 11.8. The van der Waals surface area contributed by atoms with Gasteiger partial charge < -0.3 is 10.1 Å². The van der Waals surface area contributed by atoms with Gasteiger partial charge in [0.05, 0.1) is 12.1 Å². The van der Waals surface area contributed by atoms with E-state index in [1.54, 1.807) is 12.1 Å². The lowest BCUT2D eigenvalue weighted by molar-refractivity contribution is -0.0327. The number of alkyl halides is 3. The maximum Gasteiger partial charge on any atom is 0.441 e. The van der Waals surface area contributed by atoms with Crippen molar-refractivity contribution >= 4 is 23.4 Å². The van der Waals surface area contributed by atoms with Gasteiger partial charge in [-0.2, -0.15) is 13.2 Å². The van der Waals surface area contributed by atoms with E-state index in [2.05, 4.69) is 5.32 Å². The predicted octanol–water partition coefficient (Wildman–Crippen LogP) is 3.69. The van der Waals surface area contributed by atoms with Gasteiger partial charge in [-0.05, 0) is 29.5 Å². The second-order valence-electron chi connectivity index (χ2n) is 3.44. The van der Waals surface area contributed by atoms with Gasteiger partial charge in [-0.15, -0.1) is 0 Å². The molecule has 0 fully saturated rings. The Labute approximate surface area is 113 Å². The summed E-state index contributed by atoms with van der Waals surface area (Å²) >= 11 is 5.89. The van der Waals surface area contributed by atoms with E-state index >= 15 is 0 Å². The number of halogens is 4. The Morgan fingerprint density at radius 2 is 2.11 bits per heavy atom. The van der Waals surface area contributed by atoms with E-state index in [1.165, 1.54) is 7.11 Å². The van der Waals surface area contributed by atoms with Crippen LogP contribution in [0.3, 0.4) is 0 Å². The molecule has 7 heteroatoms. The van der Waals surface area contributed by atoms with Gasteiger partial charge in [0.15, 0.2) is 0 Å². The van der Waals surface area contributed by atoms with Gasteiger partial charge in [0, 0.05) is 18.8 Å². The zero-order valence-corrected chi connectivity index (χ0v) is 11.3. The van der Waals surface area contributed by atoms with E-state index < -0.39 is 5.51 Å². The lowest BCUT2D eigenvalue weighted by Crippen LogP contribution is -2.18. The van der Waals surface area contributed by atoms with Crippen molar-refractivity contribution in [2.45, 2.75) is 12.1 Å². The summed E-state index contributed by atoms with van der Waals surface area (Å²) in [4.78, 5) is 0. The first-order chi connectivity index (χ1) is 8.42. The third-order valence-corrected chi connectivity index (χ3v) is 3.12. The molecule has 0 saturated carbocycles. The lowest BCUT2D eigenvalue weighted by Gasteiger charge is -2.08. The minimum absolute atomic E-state index is 0.00656. The smallest absolute Gasteiger partial charge is 0.441 e. The fourth-order valence-electron chi connectivity index (χ4n) is 1.29. The van der Waals surface area contributed by atoms with Crippen molar-refractivity contribution in [1.82, 2.24) is 5.32 Å². The summed E-state index contributed by atoms with van der Waals surface area (Å²) in [5.74, 6) is 0.570. The predicted molar refractivity (Wildman–Crippen MR) is 68.2 cm³/mol. The van der Waals surface area contributed by atoms with Crippen LogP contribution in [0.15, 0.2) is 18.2 Å². The summed E-state index contributed by atoms with van der Waals surface area (Å²) in [6, 6.07) is 5.27. The maximum atomic E-state index is 11.8. The lowest BCUT2D eigenvalue weighted by atomic mass is 10.2. The average molecular weight is 300 g/mol. The molecule has 0 unspecified atom stereocenters. The number of hydrogen-bond donors (Lipinski definition) is 1. The third kappa shape index (κ3) is 5.84. The molecule has 0 aliphatic rings. The molecule has 0 radical (unpaired) electrons. The van der Waals surface area contributed by atoms with E-state index in [-0.39, 0.29) is 24.1 Å². The van der Waals surface area contributed by atoms with E-state index in [1.807, 2.05) is 6.07 Å². The van der Waals surface area contributed by atoms with Gasteiger partial charge >= 0.3 is 5.51 Å². The first-order valence-electron chi connectivity index (χ1n) is 5.16. The molecule has 0 atom stereocenters. The van der Waals surface area contributed by atoms with E-state index in [9.17, 15) is 13.2 Å². The molecule has 0 aliphatic carbocycles. The SMILES string of the molecule is COc1ccc(CNCCSC(F)(F)F)cc1Cl. The van der Waals surface area contributed by atoms with E-state index in [0.29, 0.717) is 17.3 Å². The molecule has 0 heterocycles. The highest BCUT2D eigenvalue weighted by atomic mass is 35.5. The largest absolute Gasteiger partial charge is 0.495 e. The molecule has 0 aromatic heterocycles. The molecule has 1 rings (SSSR count). The fraction of sp³-hybridized carbons (Fsp3) is 0.455. The van der Waals surface area contributed by atoms with Gasteiger partial charge in [-0.1, -0.05) is 17.7 Å². The van der Waals surface area contributed by atoms with Crippen LogP contribution >= 0.6 is 23.4 Å². The van der Waals surface area contributed by atoms with Crippen LogP contribution in [0.25, 0.3) is 0 Å². The summed E-state index contributed by atoms with van der Waals surface area (Å²) in [5, 5.41) is 3.41. The quantitative estimate of drug-likeness (QED) is 0.810. The van der Waals surface area contributed by atoms with Gasteiger partial charge in [0.2, 0.25) is 0 Å². The Morgan fingerprint density at radius 3 is 2.67 bits per heavy atom.